The number of nitrogens with one attached hydrogen (secondary N) is 1. The van der Waals surface area contributed by atoms with Crippen molar-refractivity contribution in [1.29, 1.82) is 0 Å². The van der Waals surface area contributed by atoms with Gasteiger partial charge in [-0.15, -0.1) is 0 Å². The molecule has 0 atom stereocenters. The van der Waals surface area contributed by atoms with Crippen LogP contribution in [0.25, 0.3) is 11.3 Å². The van der Waals surface area contributed by atoms with Gasteiger partial charge < -0.3 is 9.64 Å². The van der Waals surface area contributed by atoms with Crippen molar-refractivity contribution in [2.75, 3.05) is 18.2 Å². The lowest BCUT2D eigenvalue weighted by atomic mass is 9.98. The smallest absolute Gasteiger partial charge is 0.227 e. The Morgan fingerprint density at radius 2 is 1.96 bits per heavy atom. The number of ether oxygens (including phenoxy) is 1. The Labute approximate surface area is 162 Å². The number of amides is 1. The van der Waals surface area contributed by atoms with E-state index in [0.29, 0.717) is 30.0 Å². The van der Waals surface area contributed by atoms with Crippen molar-refractivity contribution in [1.82, 2.24) is 10.2 Å². The first kappa shape index (κ1) is 18.2. The second-order valence-corrected chi connectivity index (χ2v) is 8.77. The molecular weight excluding hydrogens is 378 g/mol. The zero-order valence-electron chi connectivity index (χ0n) is 15.5. The zero-order chi connectivity index (χ0) is 19.9. The van der Waals surface area contributed by atoms with Gasteiger partial charge in [0.05, 0.1) is 11.1 Å². The molecule has 1 amide bonds. The van der Waals surface area contributed by atoms with Crippen molar-refractivity contribution >= 4 is 21.4 Å². The van der Waals surface area contributed by atoms with Gasteiger partial charge in [0.15, 0.2) is 15.6 Å². The van der Waals surface area contributed by atoms with Crippen LogP contribution in [0.4, 0.5) is 5.69 Å². The number of aromatic amines is 1. The fourth-order valence-corrected chi connectivity index (χ4v) is 3.92. The number of rotatable bonds is 4. The van der Waals surface area contributed by atoms with E-state index in [1.165, 1.54) is 12.1 Å². The Bertz CT molecular complexity index is 1170. The van der Waals surface area contributed by atoms with Crippen LogP contribution in [0.2, 0.25) is 0 Å². The van der Waals surface area contributed by atoms with Crippen LogP contribution >= 0.6 is 0 Å². The van der Waals surface area contributed by atoms with Crippen LogP contribution < -0.4 is 9.64 Å². The van der Waals surface area contributed by atoms with Gasteiger partial charge in [-0.05, 0) is 42.3 Å². The third-order valence-electron chi connectivity index (χ3n) is 4.78. The minimum atomic E-state index is -3.32. The Hall–Kier alpha value is -3.13. The predicted octanol–water partition coefficient (Wildman–Crippen LogP) is 3.18. The van der Waals surface area contributed by atoms with Gasteiger partial charge in [-0.3, -0.25) is 9.89 Å². The highest BCUT2D eigenvalue weighted by atomic mass is 32.2. The summed E-state index contributed by atoms with van der Waals surface area (Å²) < 4.78 is 29.4. The molecule has 144 valence electrons. The Kier molecular flexibility index (Phi) is 4.43. The van der Waals surface area contributed by atoms with Crippen molar-refractivity contribution < 1.29 is 17.9 Å². The summed E-state index contributed by atoms with van der Waals surface area (Å²) in [5.41, 5.74) is 3.56. The van der Waals surface area contributed by atoms with Gasteiger partial charge in [-0.2, -0.15) is 5.10 Å². The molecule has 0 radical (unpaired) electrons. The van der Waals surface area contributed by atoms with E-state index in [4.69, 9.17) is 4.74 Å². The largest absolute Gasteiger partial charge is 0.453 e. The molecule has 1 aromatic heterocycles. The van der Waals surface area contributed by atoms with E-state index >= 15 is 0 Å². The van der Waals surface area contributed by atoms with Gasteiger partial charge in [0.25, 0.3) is 0 Å². The maximum absolute atomic E-state index is 11.9. The quantitative estimate of drug-likeness (QED) is 0.730. The lowest BCUT2D eigenvalue weighted by Gasteiger charge is -2.26. The third kappa shape index (κ3) is 3.38. The lowest BCUT2D eigenvalue weighted by Crippen LogP contribution is -2.30. The molecule has 1 aliphatic rings. The summed E-state index contributed by atoms with van der Waals surface area (Å²) in [6.07, 6.45) is 3.88. The van der Waals surface area contributed by atoms with Crippen LogP contribution in [0.5, 0.6) is 11.5 Å². The fourth-order valence-electron chi connectivity index (χ4n) is 3.27. The van der Waals surface area contributed by atoms with Crippen LogP contribution in [-0.2, 0) is 21.1 Å². The maximum Gasteiger partial charge on any atom is 0.227 e. The number of aromatic nitrogens is 2. The molecule has 0 bridgehead atoms. The first-order chi connectivity index (χ1) is 13.3. The lowest BCUT2D eigenvalue weighted by molar-refractivity contribution is -0.118. The van der Waals surface area contributed by atoms with Gasteiger partial charge in [0.1, 0.15) is 11.4 Å². The number of benzene rings is 2. The normalized spacial score (nSPS) is 14.1. The topological polar surface area (TPSA) is 92.4 Å². The van der Waals surface area contributed by atoms with Crippen molar-refractivity contribution in [3.63, 3.8) is 0 Å². The molecule has 7 nitrogen and oxygen atoms in total. The first-order valence-corrected chi connectivity index (χ1v) is 10.6. The average Bonchev–Trinajstić information content (AvgIpc) is 3.12. The molecule has 28 heavy (non-hydrogen) atoms. The minimum absolute atomic E-state index is 0.108. The molecule has 4 rings (SSSR count). The maximum atomic E-state index is 11.9. The molecule has 0 spiro atoms. The predicted molar refractivity (Wildman–Crippen MR) is 105 cm³/mol. The van der Waals surface area contributed by atoms with E-state index in [9.17, 15) is 13.2 Å². The van der Waals surface area contributed by atoms with Crippen LogP contribution in [0, 0.1) is 0 Å². The molecule has 2 heterocycles. The molecule has 0 saturated heterocycles. The number of carbonyl (C=O) groups excluding carboxylic acids is 1. The van der Waals surface area contributed by atoms with Gasteiger partial charge in [0.2, 0.25) is 5.91 Å². The van der Waals surface area contributed by atoms with E-state index in [2.05, 4.69) is 10.2 Å². The van der Waals surface area contributed by atoms with Gasteiger partial charge in [-0.25, -0.2) is 8.42 Å². The van der Waals surface area contributed by atoms with E-state index < -0.39 is 9.84 Å². The van der Waals surface area contributed by atoms with E-state index in [0.717, 1.165) is 23.1 Å². The van der Waals surface area contributed by atoms with Gasteiger partial charge in [0, 0.05) is 31.0 Å². The van der Waals surface area contributed by atoms with Gasteiger partial charge >= 0.3 is 0 Å². The second kappa shape index (κ2) is 6.79. The van der Waals surface area contributed by atoms with Crippen LogP contribution in [0.1, 0.15) is 12.0 Å². The number of hydrogen-bond donors (Lipinski definition) is 1. The number of hydrogen-bond acceptors (Lipinski definition) is 5. The number of anilines is 1. The number of H-pyrrole nitrogens is 1. The summed E-state index contributed by atoms with van der Waals surface area (Å²) in [6, 6.07) is 12.2. The summed E-state index contributed by atoms with van der Waals surface area (Å²) in [4.78, 5) is 13.7. The summed E-state index contributed by atoms with van der Waals surface area (Å²) in [6.45, 7) is 0. The SMILES string of the molecule is CN1C(=O)CCc2cc(-c3[nH]ncc3Oc3cccc(S(C)(=O)=O)c3)ccc21. The highest BCUT2D eigenvalue weighted by molar-refractivity contribution is 7.90. The second-order valence-electron chi connectivity index (χ2n) is 6.75. The number of sulfone groups is 1. The van der Waals surface area contributed by atoms with Crippen LogP contribution in [0.3, 0.4) is 0 Å². The van der Waals surface area contributed by atoms with Crippen molar-refractivity contribution in [3.05, 3.63) is 54.2 Å². The highest BCUT2D eigenvalue weighted by Crippen LogP contribution is 2.36. The number of aryl methyl sites for hydroxylation is 1. The molecule has 1 N–H and O–H groups in total. The molecule has 8 heteroatoms. The van der Waals surface area contributed by atoms with Crippen molar-refractivity contribution in [3.8, 4) is 22.8 Å². The van der Waals surface area contributed by atoms with Crippen molar-refractivity contribution in [2.24, 2.45) is 0 Å². The minimum Gasteiger partial charge on any atom is -0.453 e. The van der Waals surface area contributed by atoms with Crippen LogP contribution in [-0.4, -0.2) is 37.8 Å². The van der Waals surface area contributed by atoms with E-state index in [1.807, 2.05) is 18.2 Å². The summed E-state index contributed by atoms with van der Waals surface area (Å²) in [7, 11) is -1.54. The first-order valence-electron chi connectivity index (χ1n) is 8.74. The summed E-state index contributed by atoms with van der Waals surface area (Å²) in [5, 5.41) is 7.01. The Morgan fingerprint density at radius 1 is 1.14 bits per heavy atom. The summed E-state index contributed by atoms with van der Waals surface area (Å²) >= 11 is 0. The molecule has 0 fully saturated rings. The zero-order valence-corrected chi connectivity index (χ0v) is 16.3. The average molecular weight is 397 g/mol. The molecule has 3 aromatic rings. The Balaban J connectivity index is 1.67. The molecule has 0 saturated carbocycles. The molecule has 0 unspecified atom stereocenters. The van der Waals surface area contributed by atoms with Gasteiger partial charge in [-0.1, -0.05) is 12.1 Å². The van der Waals surface area contributed by atoms with E-state index in [1.54, 1.807) is 30.3 Å². The number of fused-ring (bicyclic) bond motifs is 1. The molecular formula is C20H19N3O4S. The standard InChI is InChI=1S/C20H19N3O4S/c1-23-17-8-6-14(10-13(17)7-9-19(23)24)20-18(12-21-22-20)27-15-4-3-5-16(11-15)28(2,25)26/h3-6,8,10-12H,7,9H2,1-2H3,(H,21,22). The Morgan fingerprint density at radius 3 is 2.75 bits per heavy atom. The fraction of sp³-hybridized carbons (Fsp3) is 0.200. The highest BCUT2D eigenvalue weighted by Gasteiger charge is 2.22. The van der Waals surface area contributed by atoms with Crippen molar-refractivity contribution in [2.45, 2.75) is 17.7 Å². The van der Waals surface area contributed by atoms with Crippen LogP contribution in [0.15, 0.2) is 53.6 Å². The third-order valence-corrected chi connectivity index (χ3v) is 5.89. The summed E-state index contributed by atoms with van der Waals surface area (Å²) in [5.74, 6) is 1.01. The van der Waals surface area contributed by atoms with E-state index in [-0.39, 0.29) is 10.8 Å². The monoisotopic (exact) mass is 397 g/mol. The number of nitrogens with zero attached hydrogens (tertiary/aromatic N) is 2. The molecule has 0 aliphatic carbocycles. The number of carbonyl (C=O) groups is 1. The molecule has 1 aliphatic heterocycles. The molecule has 2 aromatic carbocycles.